The molecule has 0 aliphatic rings. The summed E-state index contributed by atoms with van der Waals surface area (Å²) in [6, 6.07) is 16.9. The van der Waals surface area contributed by atoms with Crippen LogP contribution in [-0.2, 0) is 23.1 Å². The Kier molecular flexibility index (Phi) is 6.95. The predicted octanol–water partition coefficient (Wildman–Crippen LogP) is 4.45. The van der Waals surface area contributed by atoms with Gasteiger partial charge in [-0.15, -0.1) is 0 Å². The first-order valence-corrected chi connectivity index (χ1v) is 12.1. The van der Waals surface area contributed by atoms with Crippen molar-refractivity contribution in [2.24, 2.45) is 0 Å². The van der Waals surface area contributed by atoms with Gasteiger partial charge in [0, 0.05) is 36.7 Å². The number of hydrogen-bond acceptors (Lipinski definition) is 4. The lowest BCUT2D eigenvalue weighted by molar-refractivity contribution is 0.0951. The maximum absolute atomic E-state index is 13.3. The van der Waals surface area contributed by atoms with Gasteiger partial charge in [0.15, 0.2) is 0 Å². The SMILES string of the molecule is O=C(NCc1ccccc1Cn1ccnc1)c1ccc(NS(=O)(=O)c2ccc(F)c(Cl)c2)cc1. The normalized spacial score (nSPS) is 11.2. The molecule has 1 amide bonds. The number of imidazole rings is 1. The van der Waals surface area contributed by atoms with E-state index in [0.29, 0.717) is 18.7 Å². The molecule has 1 heterocycles. The molecule has 174 valence electrons. The zero-order valence-electron chi connectivity index (χ0n) is 17.8. The van der Waals surface area contributed by atoms with Crippen LogP contribution in [0.15, 0.2) is 90.3 Å². The van der Waals surface area contributed by atoms with E-state index in [9.17, 15) is 17.6 Å². The fraction of sp³-hybridized carbons (Fsp3) is 0.0833. The Bertz CT molecular complexity index is 1410. The van der Waals surface area contributed by atoms with Crippen LogP contribution < -0.4 is 10.0 Å². The van der Waals surface area contributed by atoms with Gasteiger partial charge in [-0.2, -0.15) is 0 Å². The first kappa shape index (κ1) is 23.5. The standard InChI is InChI=1S/C24H20ClFN4O3S/c25-22-13-21(9-10-23(22)26)34(32,33)29-20-7-5-17(6-8-20)24(31)28-14-18-3-1-2-4-19(18)15-30-12-11-27-16-30/h1-13,16,29H,14-15H2,(H,28,31). The predicted molar refractivity (Wildman–Crippen MR) is 128 cm³/mol. The molecular weight excluding hydrogens is 479 g/mol. The van der Waals surface area contributed by atoms with Crippen molar-refractivity contribution in [3.05, 3.63) is 113 Å². The summed E-state index contributed by atoms with van der Waals surface area (Å²) in [6.45, 7) is 0.976. The minimum absolute atomic E-state index is 0.171. The topological polar surface area (TPSA) is 93.1 Å². The number of anilines is 1. The number of halogens is 2. The van der Waals surface area contributed by atoms with Crippen LogP contribution in [-0.4, -0.2) is 23.9 Å². The Hall–Kier alpha value is -3.69. The summed E-state index contributed by atoms with van der Waals surface area (Å²) in [7, 11) is -3.97. The zero-order chi connectivity index (χ0) is 24.1. The summed E-state index contributed by atoms with van der Waals surface area (Å²) < 4.78 is 42.7. The van der Waals surface area contributed by atoms with Crippen molar-refractivity contribution in [3.63, 3.8) is 0 Å². The van der Waals surface area contributed by atoms with Gasteiger partial charge in [0.1, 0.15) is 5.82 Å². The number of rotatable bonds is 8. The molecule has 0 saturated carbocycles. The highest BCUT2D eigenvalue weighted by molar-refractivity contribution is 7.92. The van der Waals surface area contributed by atoms with E-state index in [2.05, 4.69) is 15.0 Å². The van der Waals surface area contributed by atoms with Crippen molar-refractivity contribution in [1.29, 1.82) is 0 Å². The van der Waals surface area contributed by atoms with Crippen LogP contribution in [0.1, 0.15) is 21.5 Å². The third kappa shape index (κ3) is 5.62. The molecular formula is C24H20ClFN4O3S. The molecule has 4 rings (SSSR count). The molecule has 0 spiro atoms. The van der Waals surface area contributed by atoms with Crippen molar-refractivity contribution in [2.75, 3.05) is 4.72 Å². The lowest BCUT2D eigenvalue weighted by atomic mass is 10.1. The minimum atomic E-state index is -3.97. The molecule has 0 saturated heterocycles. The molecule has 0 bridgehead atoms. The molecule has 3 aromatic carbocycles. The van der Waals surface area contributed by atoms with Gasteiger partial charge in [-0.25, -0.2) is 17.8 Å². The van der Waals surface area contributed by atoms with Gasteiger partial charge >= 0.3 is 0 Å². The lowest BCUT2D eigenvalue weighted by Crippen LogP contribution is -2.23. The fourth-order valence-corrected chi connectivity index (χ4v) is 4.62. The molecule has 34 heavy (non-hydrogen) atoms. The molecule has 10 heteroatoms. The van der Waals surface area contributed by atoms with Crippen molar-refractivity contribution in [2.45, 2.75) is 18.0 Å². The Morgan fingerprint density at radius 2 is 1.76 bits per heavy atom. The van der Waals surface area contributed by atoms with E-state index in [1.165, 1.54) is 24.3 Å². The number of sulfonamides is 1. The smallest absolute Gasteiger partial charge is 0.261 e. The molecule has 0 atom stereocenters. The molecule has 0 unspecified atom stereocenters. The zero-order valence-corrected chi connectivity index (χ0v) is 19.4. The van der Waals surface area contributed by atoms with Gasteiger partial charge in [0.05, 0.1) is 16.2 Å². The van der Waals surface area contributed by atoms with E-state index in [4.69, 9.17) is 11.6 Å². The Morgan fingerprint density at radius 3 is 2.44 bits per heavy atom. The largest absolute Gasteiger partial charge is 0.348 e. The first-order valence-electron chi connectivity index (χ1n) is 10.2. The number of benzene rings is 3. The summed E-state index contributed by atoms with van der Waals surface area (Å²) in [6.07, 6.45) is 5.31. The van der Waals surface area contributed by atoms with Gasteiger partial charge in [0.25, 0.3) is 15.9 Å². The average Bonchev–Trinajstić information content (AvgIpc) is 3.33. The van der Waals surface area contributed by atoms with Gasteiger partial charge in [-0.1, -0.05) is 35.9 Å². The number of nitrogens with one attached hydrogen (secondary N) is 2. The quantitative estimate of drug-likeness (QED) is 0.375. The molecule has 1 aromatic heterocycles. The average molecular weight is 499 g/mol. The number of amides is 1. The summed E-state index contributed by atoms with van der Waals surface area (Å²) in [4.78, 5) is 16.5. The Labute approximate surface area is 201 Å². The summed E-state index contributed by atoms with van der Waals surface area (Å²) in [5, 5.41) is 2.60. The third-order valence-corrected chi connectivity index (χ3v) is 6.74. The van der Waals surface area contributed by atoms with Crippen LogP contribution in [0, 0.1) is 5.82 Å². The number of nitrogens with zero attached hydrogens (tertiary/aromatic N) is 2. The van der Waals surface area contributed by atoms with E-state index in [1.54, 1.807) is 12.5 Å². The first-order chi connectivity index (χ1) is 16.3. The van der Waals surface area contributed by atoms with E-state index >= 15 is 0 Å². The van der Waals surface area contributed by atoms with Crippen LogP contribution in [0.5, 0.6) is 0 Å². The Balaban J connectivity index is 1.40. The highest BCUT2D eigenvalue weighted by Crippen LogP contribution is 2.22. The molecule has 0 aliphatic carbocycles. The van der Waals surface area contributed by atoms with Crippen molar-refractivity contribution < 1.29 is 17.6 Å². The summed E-state index contributed by atoms with van der Waals surface area (Å²) in [5.41, 5.74) is 2.67. The molecule has 4 aromatic rings. The van der Waals surface area contributed by atoms with E-state index in [0.717, 1.165) is 29.3 Å². The van der Waals surface area contributed by atoms with Gasteiger partial charge < -0.3 is 9.88 Å². The third-order valence-electron chi connectivity index (χ3n) is 5.07. The van der Waals surface area contributed by atoms with Gasteiger partial charge in [0.2, 0.25) is 0 Å². The highest BCUT2D eigenvalue weighted by atomic mass is 35.5. The number of aromatic nitrogens is 2. The van der Waals surface area contributed by atoms with E-state index in [1.807, 2.05) is 35.0 Å². The van der Waals surface area contributed by atoms with Crippen LogP contribution in [0.3, 0.4) is 0 Å². The number of carbonyl (C=O) groups is 1. The summed E-state index contributed by atoms with van der Waals surface area (Å²) in [5.74, 6) is -1.00. The van der Waals surface area contributed by atoms with Crippen LogP contribution in [0.25, 0.3) is 0 Å². The van der Waals surface area contributed by atoms with Crippen LogP contribution in [0.4, 0.5) is 10.1 Å². The minimum Gasteiger partial charge on any atom is -0.348 e. The van der Waals surface area contributed by atoms with Crippen LogP contribution >= 0.6 is 11.6 Å². The monoisotopic (exact) mass is 498 g/mol. The molecule has 7 nitrogen and oxygen atoms in total. The van der Waals surface area contributed by atoms with Crippen molar-refractivity contribution in [3.8, 4) is 0 Å². The maximum atomic E-state index is 13.3. The number of hydrogen-bond donors (Lipinski definition) is 2. The number of carbonyl (C=O) groups excluding carboxylic acids is 1. The second-order valence-corrected chi connectivity index (χ2v) is 9.53. The highest BCUT2D eigenvalue weighted by Gasteiger charge is 2.16. The summed E-state index contributed by atoms with van der Waals surface area (Å²) >= 11 is 5.68. The van der Waals surface area contributed by atoms with Crippen LogP contribution in [0.2, 0.25) is 5.02 Å². The maximum Gasteiger partial charge on any atom is 0.261 e. The molecule has 0 radical (unpaired) electrons. The van der Waals surface area contributed by atoms with E-state index < -0.39 is 15.8 Å². The lowest BCUT2D eigenvalue weighted by Gasteiger charge is -2.12. The van der Waals surface area contributed by atoms with Gasteiger partial charge in [-0.05, 0) is 53.6 Å². The second kappa shape index (κ2) is 10.1. The molecule has 2 N–H and O–H groups in total. The molecule has 0 fully saturated rings. The van der Waals surface area contributed by atoms with E-state index in [-0.39, 0.29) is 21.5 Å². The van der Waals surface area contributed by atoms with Crippen molar-refractivity contribution in [1.82, 2.24) is 14.9 Å². The molecule has 0 aliphatic heterocycles. The van der Waals surface area contributed by atoms with Crippen molar-refractivity contribution >= 4 is 33.2 Å². The van der Waals surface area contributed by atoms with Gasteiger partial charge in [-0.3, -0.25) is 9.52 Å². The Morgan fingerprint density at radius 1 is 1.03 bits per heavy atom. The fourth-order valence-electron chi connectivity index (χ4n) is 3.29. The second-order valence-electron chi connectivity index (χ2n) is 7.45.